The second-order valence-corrected chi connectivity index (χ2v) is 6.95. The maximum absolute atomic E-state index is 12.3. The van der Waals surface area contributed by atoms with E-state index in [0.29, 0.717) is 30.7 Å². The molecule has 0 fully saturated rings. The lowest BCUT2D eigenvalue weighted by atomic mass is 10.1. The monoisotopic (exact) mass is 386 g/mol. The molecule has 1 N–H and O–H groups in total. The van der Waals surface area contributed by atoms with Crippen molar-refractivity contribution in [3.8, 4) is 0 Å². The highest BCUT2D eigenvalue weighted by Crippen LogP contribution is 2.30. The van der Waals surface area contributed by atoms with Crippen LogP contribution in [-0.2, 0) is 11.3 Å². The van der Waals surface area contributed by atoms with E-state index in [1.807, 2.05) is 60.7 Å². The molecule has 0 aliphatic carbocycles. The highest BCUT2D eigenvalue weighted by atomic mass is 16.4. The molecule has 6 heteroatoms. The predicted molar refractivity (Wildman–Crippen MR) is 112 cm³/mol. The minimum atomic E-state index is -0.401. The Bertz CT molecular complexity index is 1410. The van der Waals surface area contributed by atoms with E-state index in [0.717, 1.165) is 27.5 Å². The van der Waals surface area contributed by atoms with Crippen LogP contribution in [0.2, 0.25) is 0 Å². The Kier molecular flexibility index (Phi) is 4.17. The third kappa shape index (κ3) is 3.18. The largest absolute Gasteiger partial charge is 0.456 e. The van der Waals surface area contributed by atoms with Crippen molar-refractivity contribution >= 4 is 44.6 Å². The van der Waals surface area contributed by atoms with E-state index in [4.69, 9.17) is 8.83 Å². The van der Waals surface area contributed by atoms with Gasteiger partial charge in [-0.25, -0.2) is 4.79 Å². The van der Waals surface area contributed by atoms with Crippen LogP contribution < -0.4 is 11.1 Å². The standard InChI is InChI=1S/C23H18N2O4/c26-22(10-5-13-25-18-7-2-4-9-20(18)29-23(25)27)24-15-11-12-17-16-6-1-3-8-19(16)28-21(17)14-15/h1-4,6-9,11-12,14H,5,10,13H2,(H,24,26). The van der Waals surface area contributed by atoms with Gasteiger partial charge in [0.05, 0.1) is 5.52 Å². The summed E-state index contributed by atoms with van der Waals surface area (Å²) in [4.78, 5) is 24.3. The lowest BCUT2D eigenvalue weighted by Gasteiger charge is -2.06. The number of furan rings is 1. The summed E-state index contributed by atoms with van der Waals surface area (Å²) < 4.78 is 12.6. The van der Waals surface area contributed by atoms with Crippen molar-refractivity contribution in [2.75, 3.05) is 5.32 Å². The summed E-state index contributed by atoms with van der Waals surface area (Å²) in [6.45, 7) is 0.422. The Balaban J connectivity index is 1.26. The zero-order valence-corrected chi connectivity index (χ0v) is 15.6. The number of hydrogen-bond acceptors (Lipinski definition) is 4. The molecule has 144 valence electrons. The number of amides is 1. The summed E-state index contributed by atoms with van der Waals surface area (Å²) >= 11 is 0. The third-order valence-corrected chi connectivity index (χ3v) is 5.02. The number of nitrogens with one attached hydrogen (secondary N) is 1. The Labute approximate surface area is 165 Å². The molecule has 5 rings (SSSR count). The van der Waals surface area contributed by atoms with Crippen molar-refractivity contribution in [2.24, 2.45) is 0 Å². The number of oxazole rings is 1. The maximum atomic E-state index is 12.3. The van der Waals surface area contributed by atoms with Crippen LogP contribution in [-0.4, -0.2) is 10.5 Å². The van der Waals surface area contributed by atoms with Gasteiger partial charge in [0.25, 0.3) is 0 Å². The third-order valence-electron chi connectivity index (χ3n) is 5.02. The van der Waals surface area contributed by atoms with Crippen LogP contribution in [0.3, 0.4) is 0 Å². The molecule has 0 aliphatic heterocycles. The first-order valence-corrected chi connectivity index (χ1v) is 9.48. The number of aryl methyl sites for hydroxylation is 1. The van der Waals surface area contributed by atoms with Gasteiger partial charge in [-0.1, -0.05) is 30.3 Å². The van der Waals surface area contributed by atoms with Crippen LogP contribution in [0.25, 0.3) is 33.0 Å². The number of carbonyl (C=O) groups is 1. The number of benzene rings is 3. The molecular formula is C23H18N2O4. The average molecular weight is 386 g/mol. The summed E-state index contributed by atoms with van der Waals surface area (Å²) in [5.74, 6) is -0.511. The number of carbonyl (C=O) groups excluding carboxylic acids is 1. The van der Waals surface area contributed by atoms with Crippen molar-refractivity contribution < 1.29 is 13.6 Å². The zero-order valence-electron chi connectivity index (χ0n) is 15.6. The molecule has 0 bridgehead atoms. The second kappa shape index (κ2) is 6.98. The minimum Gasteiger partial charge on any atom is -0.456 e. The Morgan fingerprint density at radius 1 is 0.862 bits per heavy atom. The van der Waals surface area contributed by atoms with Crippen LogP contribution >= 0.6 is 0 Å². The topological polar surface area (TPSA) is 77.4 Å². The van der Waals surface area contributed by atoms with E-state index in [9.17, 15) is 9.59 Å². The van der Waals surface area contributed by atoms with E-state index in [2.05, 4.69) is 5.32 Å². The van der Waals surface area contributed by atoms with Crippen LogP contribution in [0.1, 0.15) is 12.8 Å². The predicted octanol–water partition coefficient (Wildman–Crippen LogP) is 4.91. The second-order valence-electron chi connectivity index (χ2n) is 6.95. The van der Waals surface area contributed by atoms with Gasteiger partial charge in [0, 0.05) is 35.5 Å². The number of nitrogens with zero attached hydrogens (tertiary/aromatic N) is 1. The number of fused-ring (bicyclic) bond motifs is 4. The van der Waals surface area contributed by atoms with Gasteiger partial charge in [-0.2, -0.15) is 0 Å². The van der Waals surface area contributed by atoms with Crippen molar-refractivity contribution in [2.45, 2.75) is 19.4 Å². The molecule has 0 atom stereocenters. The summed E-state index contributed by atoms with van der Waals surface area (Å²) in [7, 11) is 0. The van der Waals surface area contributed by atoms with Gasteiger partial charge in [-0.15, -0.1) is 0 Å². The normalized spacial score (nSPS) is 11.4. The molecule has 0 spiro atoms. The van der Waals surface area contributed by atoms with Crippen LogP contribution in [0, 0.1) is 0 Å². The van der Waals surface area contributed by atoms with Gasteiger partial charge in [-0.3, -0.25) is 9.36 Å². The van der Waals surface area contributed by atoms with Crippen LogP contribution in [0.4, 0.5) is 5.69 Å². The molecule has 1 amide bonds. The fraction of sp³-hybridized carbons (Fsp3) is 0.130. The van der Waals surface area contributed by atoms with Gasteiger partial charge < -0.3 is 14.2 Å². The molecule has 0 radical (unpaired) electrons. The minimum absolute atomic E-state index is 0.110. The van der Waals surface area contributed by atoms with Crippen molar-refractivity contribution in [3.63, 3.8) is 0 Å². The lowest BCUT2D eigenvalue weighted by molar-refractivity contribution is -0.116. The summed E-state index contributed by atoms with van der Waals surface area (Å²) in [5, 5.41) is 4.97. The first-order chi connectivity index (χ1) is 14.2. The van der Waals surface area contributed by atoms with Gasteiger partial charge in [0.15, 0.2) is 5.58 Å². The molecular weight excluding hydrogens is 368 g/mol. The van der Waals surface area contributed by atoms with E-state index in [1.165, 1.54) is 0 Å². The molecule has 29 heavy (non-hydrogen) atoms. The molecule has 0 saturated heterocycles. The maximum Gasteiger partial charge on any atom is 0.419 e. The Hall–Kier alpha value is -3.80. The van der Waals surface area contributed by atoms with Gasteiger partial charge in [0.1, 0.15) is 11.2 Å². The van der Waals surface area contributed by atoms with E-state index >= 15 is 0 Å². The smallest absolute Gasteiger partial charge is 0.419 e. The molecule has 0 unspecified atom stereocenters. The fourth-order valence-corrected chi connectivity index (χ4v) is 3.65. The first kappa shape index (κ1) is 17.3. The average Bonchev–Trinajstić information content (AvgIpc) is 3.24. The van der Waals surface area contributed by atoms with Gasteiger partial charge in [0.2, 0.25) is 5.91 Å². The van der Waals surface area contributed by atoms with Crippen molar-refractivity contribution in [1.82, 2.24) is 4.57 Å². The number of rotatable bonds is 5. The van der Waals surface area contributed by atoms with E-state index < -0.39 is 5.76 Å². The molecule has 3 aromatic carbocycles. The Morgan fingerprint density at radius 2 is 1.62 bits per heavy atom. The van der Waals surface area contributed by atoms with Gasteiger partial charge in [-0.05, 0) is 36.8 Å². The molecule has 0 aliphatic rings. The van der Waals surface area contributed by atoms with Crippen molar-refractivity contribution in [1.29, 1.82) is 0 Å². The summed E-state index contributed by atoms with van der Waals surface area (Å²) in [6.07, 6.45) is 0.826. The molecule has 2 aromatic heterocycles. The van der Waals surface area contributed by atoms with Crippen LogP contribution in [0.15, 0.2) is 80.4 Å². The lowest BCUT2D eigenvalue weighted by Crippen LogP contribution is -2.17. The number of anilines is 1. The molecule has 6 nitrogen and oxygen atoms in total. The van der Waals surface area contributed by atoms with Crippen molar-refractivity contribution in [3.05, 3.63) is 77.3 Å². The summed E-state index contributed by atoms with van der Waals surface area (Å²) in [5.41, 5.74) is 3.55. The molecule has 2 heterocycles. The van der Waals surface area contributed by atoms with Gasteiger partial charge >= 0.3 is 5.76 Å². The zero-order chi connectivity index (χ0) is 19.8. The number of hydrogen-bond donors (Lipinski definition) is 1. The fourth-order valence-electron chi connectivity index (χ4n) is 3.65. The summed E-state index contributed by atoms with van der Waals surface area (Å²) in [6, 6.07) is 20.8. The quantitative estimate of drug-likeness (QED) is 0.465. The first-order valence-electron chi connectivity index (χ1n) is 9.48. The molecule has 5 aromatic rings. The Morgan fingerprint density at radius 3 is 2.52 bits per heavy atom. The van der Waals surface area contributed by atoms with E-state index in [1.54, 1.807) is 10.6 Å². The molecule has 0 saturated carbocycles. The van der Waals surface area contributed by atoms with Crippen LogP contribution in [0.5, 0.6) is 0 Å². The highest BCUT2D eigenvalue weighted by molar-refractivity contribution is 6.06. The number of aromatic nitrogens is 1. The number of para-hydroxylation sites is 3. The van der Waals surface area contributed by atoms with E-state index in [-0.39, 0.29) is 5.91 Å². The SMILES string of the molecule is O=C(CCCn1c(=O)oc2ccccc21)Nc1ccc2c(c1)oc1ccccc12. The highest BCUT2D eigenvalue weighted by Gasteiger charge is 2.11.